The number of rotatable bonds is 4. The van der Waals surface area contributed by atoms with E-state index in [0.717, 1.165) is 12.0 Å². The number of hydrogen-bond donors (Lipinski definition) is 0. The van der Waals surface area contributed by atoms with Gasteiger partial charge in [-0.3, -0.25) is 4.79 Å². The number of carbonyl (C=O) groups is 1. The molecule has 4 atom stereocenters. The van der Waals surface area contributed by atoms with Crippen LogP contribution in [0.1, 0.15) is 40.5 Å². The molecule has 3 heteroatoms. The number of hydrogen-bond acceptors (Lipinski definition) is 3. The van der Waals surface area contributed by atoms with Crippen LogP contribution in [0, 0.1) is 11.8 Å². The summed E-state index contributed by atoms with van der Waals surface area (Å²) in [6.45, 7) is 8.12. The van der Waals surface area contributed by atoms with Gasteiger partial charge in [0.15, 0.2) is 5.78 Å². The van der Waals surface area contributed by atoms with E-state index < -0.39 is 0 Å². The second kappa shape index (κ2) is 5.37. The zero-order valence-electron chi connectivity index (χ0n) is 11.6. The quantitative estimate of drug-likeness (QED) is 0.436. The summed E-state index contributed by atoms with van der Waals surface area (Å²) >= 11 is 0. The second-order valence-corrected chi connectivity index (χ2v) is 5.83. The van der Waals surface area contributed by atoms with Gasteiger partial charge in [0, 0.05) is 6.42 Å². The van der Waals surface area contributed by atoms with Gasteiger partial charge in [-0.25, -0.2) is 9.78 Å². The van der Waals surface area contributed by atoms with Gasteiger partial charge in [0.25, 0.3) is 0 Å². The van der Waals surface area contributed by atoms with Crippen LogP contribution >= 0.6 is 0 Å². The molecule has 0 spiro atoms. The summed E-state index contributed by atoms with van der Waals surface area (Å²) in [5, 5.41) is 0. The van der Waals surface area contributed by atoms with Crippen molar-refractivity contribution in [1.82, 2.24) is 0 Å². The van der Waals surface area contributed by atoms with Crippen molar-refractivity contribution in [2.24, 2.45) is 11.8 Å². The van der Waals surface area contributed by atoms with E-state index in [1.54, 1.807) is 6.08 Å². The average molecular weight is 250 g/mol. The van der Waals surface area contributed by atoms with Crippen molar-refractivity contribution in [2.75, 3.05) is 0 Å². The smallest absolute Gasteiger partial charge is 0.155 e. The third-order valence-corrected chi connectivity index (χ3v) is 3.83. The number of allylic oxidation sites excluding steroid dienone is 2. The molecule has 0 N–H and O–H groups in total. The van der Waals surface area contributed by atoms with Gasteiger partial charge in [0.05, 0.1) is 0 Å². The fraction of sp³-hybridized carbons (Fsp3) is 0.667. The molecule has 1 fully saturated rings. The Morgan fingerprint density at radius 1 is 1.50 bits per heavy atom. The van der Waals surface area contributed by atoms with E-state index in [1.807, 2.05) is 13.8 Å². The minimum Gasteiger partial charge on any atom is -0.295 e. The Hall–Kier alpha value is -0.930. The van der Waals surface area contributed by atoms with Crippen LogP contribution < -0.4 is 0 Å². The fourth-order valence-electron chi connectivity index (χ4n) is 2.81. The lowest BCUT2D eigenvalue weighted by molar-refractivity contribution is -0.380. The molecule has 3 nitrogen and oxygen atoms in total. The van der Waals surface area contributed by atoms with Crippen molar-refractivity contribution in [3.05, 3.63) is 23.3 Å². The van der Waals surface area contributed by atoms with Crippen LogP contribution in [0.3, 0.4) is 0 Å². The maximum atomic E-state index is 11.8. The van der Waals surface area contributed by atoms with Crippen LogP contribution in [0.15, 0.2) is 23.3 Å². The minimum absolute atomic E-state index is 0.0181. The summed E-state index contributed by atoms with van der Waals surface area (Å²) in [7, 11) is 0. The maximum absolute atomic E-state index is 11.8. The van der Waals surface area contributed by atoms with Crippen molar-refractivity contribution in [1.29, 1.82) is 0 Å². The molecular formula is C15H22O3. The zero-order chi connectivity index (χ0) is 13.3. The fourth-order valence-corrected chi connectivity index (χ4v) is 2.81. The number of carbonyl (C=O) groups excluding carboxylic acids is 1. The molecule has 0 aromatic rings. The lowest BCUT2D eigenvalue weighted by Gasteiger charge is -2.41. The van der Waals surface area contributed by atoms with Gasteiger partial charge in [-0.05, 0) is 50.7 Å². The summed E-state index contributed by atoms with van der Waals surface area (Å²) in [4.78, 5) is 22.4. The highest BCUT2D eigenvalue weighted by Crippen LogP contribution is 2.39. The molecule has 0 aromatic carbocycles. The van der Waals surface area contributed by atoms with Crippen molar-refractivity contribution in [3.8, 4) is 0 Å². The first-order valence-electron chi connectivity index (χ1n) is 6.65. The lowest BCUT2D eigenvalue weighted by atomic mass is 9.76. The summed E-state index contributed by atoms with van der Waals surface area (Å²) in [6, 6.07) is 0. The van der Waals surface area contributed by atoms with Gasteiger partial charge in [-0.15, -0.1) is 0 Å². The van der Waals surface area contributed by atoms with Gasteiger partial charge in [0.1, 0.15) is 12.2 Å². The maximum Gasteiger partial charge on any atom is 0.155 e. The largest absolute Gasteiger partial charge is 0.295 e. The molecule has 0 unspecified atom stereocenters. The monoisotopic (exact) mass is 250 g/mol. The Labute approximate surface area is 109 Å². The zero-order valence-corrected chi connectivity index (χ0v) is 11.6. The van der Waals surface area contributed by atoms with Gasteiger partial charge < -0.3 is 0 Å². The van der Waals surface area contributed by atoms with Crippen LogP contribution in [0.2, 0.25) is 0 Å². The van der Waals surface area contributed by atoms with E-state index in [1.165, 1.54) is 5.57 Å². The molecule has 0 amide bonds. The normalized spacial score (nSPS) is 31.8. The third-order valence-electron chi connectivity index (χ3n) is 3.83. The summed E-state index contributed by atoms with van der Waals surface area (Å²) < 4.78 is 0. The van der Waals surface area contributed by atoms with Crippen molar-refractivity contribution in [3.63, 3.8) is 0 Å². The molecule has 2 heterocycles. The van der Waals surface area contributed by atoms with Crippen LogP contribution in [-0.2, 0) is 14.6 Å². The Morgan fingerprint density at radius 3 is 2.72 bits per heavy atom. The molecule has 2 bridgehead atoms. The number of ketones is 1. The van der Waals surface area contributed by atoms with Gasteiger partial charge >= 0.3 is 0 Å². The highest BCUT2D eigenvalue weighted by molar-refractivity contribution is 5.90. The first-order chi connectivity index (χ1) is 8.47. The standard InChI is InChI=1S/C15H22O3/c1-9(2)5-12(16)6-10(3)13-8-14-11(4)7-15(13)18-17-14/h5,7,10,13-15H,6,8H2,1-4H3/t10-,13+,14-,15-/m1/s1. The van der Waals surface area contributed by atoms with Gasteiger partial charge in [-0.1, -0.05) is 18.6 Å². The van der Waals surface area contributed by atoms with Gasteiger partial charge in [-0.2, -0.15) is 0 Å². The Kier molecular flexibility index (Phi) is 4.03. The van der Waals surface area contributed by atoms with Crippen molar-refractivity contribution in [2.45, 2.75) is 52.7 Å². The minimum atomic E-state index is 0.0181. The molecule has 2 aliphatic heterocycles. The Bertz CT molecular complexity index is 391. The van der Waals surface area contributed by atoms with Crippen molar-refractivity contribution >= 4 is 5.78 Å². The third kappa shape index (κ3) is 2.90. The first kappa shape index (κ1) is 13.5. The predicted molar refractivity (Wildman–Crippen MR) is 69.8 cm³/mol. The molecule has 0 aromatic heterocycles. The summed E-state index contributed by atoms with van der Waals surface area (Å²) in [6.07, 6.45) is 5.54. The highest BCUT2D eigenvalue weighted by Gasteiger charge is 2.40. The van der Waals surface area contributed by atoms with E-state index in [0.29, 0.717) is 18.3 Å². The van der Waals surface area contributed by atoms with E-state index in [-0.39, 0.29) is 18.0 Å². The topological polar surface area (TPSA) is 35.5 Å². The Balaban J connectivity index is 1.97. The SMILES string of the molecule is CC(C)=CC(=O)C[C@@H](C)[C@@H]1C[C@H]2OO[C@@H]1C=C2C. The van der Waals surface area contributed by atoms with E-state index in [2.05, 4.69) is 19.9 Å². The predicted octanol–water partition coefficient (Wildman–Crippen LogP) is 3.21. The number of fused-ring (bicyclic) bond motifs is 2. The molecule has 1 aliphatic carbocycles. The molecule has 1 saturated heterocycles. The van der Waals surface area contributed by atoms with Crippen molar-refractivity contribution < 1.29 is 14.6 Å². The molecule has 3 aliphatic rings. The van der Waals surface area contributed by atoms with Crippen LogP contribution in [0.5, 0.6) is 0 Å². The summed E-state index contributed by atoms with van der Waals surface area (Å²) in [5.41, 5.74) is 2.32. The molecular weight excluding hydrogens is 228 g/mol. The molecule has 0 radical (unpaired) electrons. The lowest BCUT2D eigenvalue weighted by Crippen LogP contribution is -2.43. The average Bonchev–Trinajstić information content (AvgIpc) is 2.28. The first-order valence-corrected chi connectivity index (χ1v) is 6.65. The molecule has 18 heavy (non-hydrogen) atoms. The highest BCUT2D eigenvalue weighted by atomic mass is 17.2. The molecule has 100 valence electrons. The van der Waals surface area contributed by atoms with Crippen LogP contribution in [-0.4, -0.2) is 18.0 Å². The van der Waals surface area contributed by atoms with Gasteiger partial charge in [0.2, 0.25) is 0 Å². The Morgan fingerprint density at radius 2 is 2.22 bits per heavy atom. The van der Waals surface area contributed by atoms with Crippen LogP contribution in [0.25, 0.3) is 0 Å². The second-order valence-electron chi connectivity index (χ2n) is 5.83. The molecule has 0 saturated carbocycles. The molecule has 3 rings (SSSR count). The summed E-state index contributed by atoms with van der Waals surface area (Å²) in [5.74, 6) is 0.932. The van der Waals surface area contributed by atoms with E-state index in [9.17, 15) is 4.79 Å². The van der Waals surface area contributed by atoms with E-state index in [4.69, 9.17) is 9.78 Å². The van der Waals surface area contributed by atoms with E-state index >= 15 is 0 Å². The van der Waals surface area contributed by atoms with Crippen LogP contribution in [0.4, 0.5) is 0 Å².